The third-order valence-corrected chi connectivity index (χ3v) is 6.58. The van der Waals surface area contributed by atoms with Crippen LogP contribution in [0.1, 0.15) is 11.6 Å². The summed E-state index contributed by atoms with van der Waals surface area (Å²) in [5.41, 5.74) is 8.52. The van der Waals surface area contributed by atoms with Gasteiger partial charge in [0, 0.05) is 35.2 Å². The second-order valence-electron chi connectivity index (χ2n) is 8.40. The molecular weight excluding hydrogens is 487 g/mol. The summed E-state index contributed by atoms with van der Waals surface area (Å²) in [6.07, 6.45) is 1.77. The maximum atomic E-state index is 14.1. The van der Waals surface area contributed by atoms with E-state index in [9.17, 15) is 23.1 Å². The third-order valence-electron chi connectivity index (χ3n) is 5.99. The first kappa shape index (κ1) is 23.6. The Morgan fingerprint density at radius 1 is 1.28 bits per heavy atom. The summed E-state index contributed by atoms with van der Waals surface area (Å²) in [5.74, 6) is -1.80. The van der Waals surface area contributed by atoms with Crippen molar-refractivity contribution in [1.29, 1.82) is 0 Å². The average molecular weight is 508 g/mol. The molecule has 36 heavy (non-hydrogen) atoms. The van der Waals surface area contributed by atoms with Gasteiger partial charge in [0.05, 0.1) is 11.4 Å². The fraction of sp³-hybridized carbons (Fsp3) is 0.167. The van der Waals surface area contributed by atoms with Crippen LogP contribution in [0, 0.1) is 5.82 Å². The number of aromatic nitrogens is 4. The molecule has 2 aromatic heterocycles. The zero-order chi connectivity index (χ0) is 25.6. The number of benzene rings is 2. The van der Waals surface area contributed by atoms with Crippen molar-refractivity contribution < 1.29 is 23.1 Å². The first-order valence-electron chi connectivity index (χ1n) is 10.8. The van der Waals surface area contributed by atoms with Gasteiger partial charge >= 0.3 is 0 Å². The fourth-order valence-electron chi connectivity index (χ4n) is 4.49. The van der Waals surface area contributed by atoms with Crippen molar-refractivity contribution in [2.24, 2.45) is 0 Å². The number of hydrogen-bond acceptors (Lipinski definition) is 8. The molecule has 184 valence electrons. The molecule has 5 rings (SSSR count). The molecule has 10 nitrogen and oxygen atoms in total. The van der Waals surface area contributed by atoms with Gasteiger partial charge in [0.1, 0.15) is 29.4 Å². The number of carbonyl (C=O) groups excluding carboxylic acids is 1. The van der Waals surface area contributed by atoms with Gasteiger partial charge in [-0.2, -0.15) is 5.10 Å². The van der Waals surface area contributed by atoms with Crippen molar-refractivity contribution in [3.8, 4) is 17.0 Å². The van der Waals surface area contributed by atoms with Crippen LogP contribution in [-0.4, -0.2) is 51.8 Å². The number of nitrogens with two attached hydrogens (primary N) is 1. The molecule has 1 aliphatic rings. The van der Waals surface area contributed by atoms with Gasteiger partial charge in [-0.3, -0.25) is 9.00 Å². The van der Waals surface area contributed by atoms with Gasteiger partial charge in [0.25, 0.3) is 5.91 Å². The molecule has 12 heteroatoms. The maximum Gasteiger partial charge on any atom is 0.254 e. The number of rotatable bonds is 5. The lowest BCUT2D eigenvalue weighted by atomic mass is 9.97. The van der Waals surface area contributed by atoms with Crippen LogP contribution in [0.5, 0.6) is 5.75 Å². The molecule has 0 aliphatic carbocycles. The summed E-state index contributed by atoms with van der Waals surface area (Å²) < 4.78 is 38.1. The van der Waals surface area contributed by atoms with Gasteiger partial charge in [-0.1, -0.05) is 35.9 Å². The maximum absolute atomic E-state index is 14.1. The zero-order valence-electron chi connectivity index (χ0n) is 18.8. The topological polar surface area (TPSA) is 150 Å². The van der Waals surface area contributed by atoms with Crippen molar-refractivity contribution in [2.45, 2.75) is 12.5 Å². The Hall–Kier alpha value is -4.16. The van der Waals surface area contributed by atoms with Crippen LogP contribution in [0.25, 0.3) is 22.3 Å². The molecule has 3 N–H and O–H groups in total. The molecular formula is C24H20FN6O4S-. The lowest BCUT2D eigenvalue weighted by Crippen LogP contribution is -2.42. The Bertz CT molecular complexity index is 1530. The number of fused-ring (bicyclic) bond motifs is 2. The van der Waals surface area contributed by atoms with Crippen LogP contribution in [0.4, 0.5) is 15.9 Å². The van der Waals surface area contributed by atoms with E-state index in [1.54, 1.807) is 16.8 Å². The third kappa shape index (κ3) is 4.20. The van der Waals surface area contributed by atoms with E-state index in [0.717, 1.165) is 11.6 Å². The molecule has 2 unspecified atom stereocenters. The predicted octanol–water partition coefficient (Wildman–Crippen LogP) is 2.49. The number of phenolic OH excluding ortho intramolecular Hbond substituents is 1. The average Bonchev–Trinajstić information content (AvgIpc) is 3.23. The Morgan fingerprint density at radius 3 is 2.81 bits per heavy atom. The molecule has 2 atom stereocenters. The number of nitrogens with zero attached hydrogens (tertiary/aromatic N) is 5. The van der Waals surface area contributed by atoms with Gasteiger partial charge < -0.3 is 20.3 Å². The number of hydrogen-bond donors (Lipinski definition) is 2. The molecule has 0 fully saturated rings. The van der Waals surface area contributed by atoms with E-state index in [4.69, 9.17) is 5.73 Å². The van der Waals surface area contributed by atoms with Gasteiger partial charge in [-0.25, -0.2) is 19.0 Å². The van der Waals surface area contributed by atoms with E-state index in [0.29, 0.717) is 23.1 Å². The number of nitrogen functional groups attached to an aromatic ring is 1. The van der Waals surface area contributed by atoms with E-state index in [-0.39, 0.29) is 34.9 Å². The minimum Gasteiger partial charge on any atom is -0.772 e. The summed E-state index contributed by atoms with van der Waals surface area (Å²) in [7, 11) is 0. The van der Waals surface area contributed by atoms with Gasteiger partial charge in [0.15, 0.2) is 5.65 Å². The number of halogens is 1. The van der Waals surface area contributed by atoms with Crippen LogP contribution >= 0.6 is 0 Å². The lowest BCUT2D eigenvalue weighted by Gasteiger charge is -2.35. The predicted molar refractivity (Wildman–Crippen MR) is 131 cm³/mol. The number of phenols is 1. The first-order chi connectivity index (χ1) is 17.2. The van der Waals surface area contributed by atoms with Crippen molar-refractivity contribution in [2.75, 3.05) is 22.9 Å². The molecule has 0 spiro atoms. The Balaban J connectivity index is 1.63. The standard InChI is InChI=1S/C24H21FN6O4S/c1-13(11-36(34)35)24(33)30-10-17(7-14-4-2-3-5-19(14)30)31-23-20(22(26)27-12-28-23)21(29-31)15-6-16(25)9-18(32)8-15/h2-6,8-9,12,17,32H,1,7,10-11H2,(H,34,35)(H2,26,27,28)/p-1. The Morgan fingerprint density at radius 2 is 2.06 bits per heavy atom. The summed E-state index contributed by atoms with van der Waals surface area (Å²) in [6.45, 7) is 3.81. The van der Waals surface area contributed by atoms with Gasteiger partial charge in [0.2, 0.25) is 0 Å². The first-order valence-corrected chi connectivity index (χ1v) is 12.1. The van der Waals surface area contributed by atoms with Crippen molar-refractivity contribution in [3.63, 3.8) is 0 Å². The highest BCUT2D eigenvalue weighted by Crippen LogP contribution is 2.37. The van der Waals surface area contributed by atoms with E-state index < -0.39 is 34.6 Å². The van der Waals surface area contributed by atoms with E-state index >= 15 is 0 Å². The van der Waals surface area contributed by atoms with Crippen LogP contribution in [0.3, 0.4) is 0 Å². The molecule has 0 saturated heterocycles. The van der Waals surface area contributed by atoms with Crippen LogP contribution < -0.4 is 10.6 Å². The lowest BCUT2D eigenvalue weighted by molar-refractivity contribution is -0.115. The second kappa shape index (κ2) is 9.13. The molecule has 0 saturated carbocycles. The van der Waals surface area contributed by atoms with Crippen molar-refractivity contribution >= 4 is 39.5 Å². The summed E-state index contributed by atoms with van der Waals surface area (Å²) in [5, 5.41) is 15.0. The van der Waals surface area contributed by atoms with Crippen molar-refractivity contribution in [3.05, 3.63) is 72.3 Å². The highest BCUT2D eigenvalue weighted by Gasteiger charge is 2.33. The quantitative estimate of drug-likeness (QED) is 0.309. The Kier molecular flexibility index (Phi) is 5.98. The monoisotopic (exact) mass is 507 g/mol. The molecule has 1 aliphatic heterocycles. The largest absolute Gasteiger partial charge is 0.772 e. The van der Waals surface area contributed by atoms with Crippen molar-refractivity contribution in [1.82, 2.24) is 19.7 Å². The highest BCUT2D eigenvalue weighted by atomic mass is 32.2. The normalized spacial score (nSPS) is 16.1. The number of para-hydroxylation sites is 1. The fourth-order valence-corrected chi connectivity index (χ4v) is 4.90. The summed E-state index contributed by atoms with van der Waals surface area (Å²) in [4.78, 5) is 23.1. The number of anilines is 2. The van der Waals surface area contributed by atoms with E-state index in [1.165, 1.54) is 23.4 Å². The van der Waals surface area contributed by atoms with Crippen LogP contribution in [0.15, 0.2) is 60.9 Å². The molecule has 4 aromatic rings. The Labute approximate surface area is 207 Å². The smallest absolute Gasteiger partial charge is 0.254 e. The van der Waals surface area contributed by atoms with E-state index in [2.05, 4.69) is 21.6 Å². The number of carbonyl (C=O) groups is 1. The molecule has 0 bridgehead atoms. The van der Waals surface area contributed by atoms with E-state index in [1.807, 2.05) is 12.1 Å². The second-order valence-corrected chi connectivity index (χ2v) is 9.30. The van der Waals surface area contributed by atoms with Crippen LogP contribution in [-0.2, 0) is 22.3 Å². The molecule has 1 amide bonds. The summed E-state index contributed by atoms with van der Waals surface area (Å²) >= 11 is -2.46. The molecule has 2 aromatic carbocycles. The number of amides is 1. The van der Waals surface area contributed by atoms with Gasteiger partial charge in [-0.15, -0.1) is 0 Å². The zero-order valence-corrected chi connectivity index (χ0v) is 19.6. The minimum absolute atomic E-state index is 0.0633. The highest BCUT2D eigenvalue weighted by molar-refractivity contribution is 7.79. The number of aromatic hydroxyl groups is 1. The summed E-state index contributed by atoms with van der Waals surface area (Å²) in [6, 6.07) is 10.4. The minimum atomic E-state index is -2.46. The molecule has 3 heterocycles. The molecule has 0 radical (unpaired) electrons. The van der Waals surface area contributed by atoms with Crippen LogP contribution in [0.2, 0.25) is 0 Å². The van der Waals surface area contributed by atoms with Gasteiger partial charge in [-0.05, 0) is 30.2 Å². The SMILES string of the molecule is C=C(CS(=O)[O-])C(=O)N1CC(n2nc(-c3cc(O)cc(F)c3)c3c(N)ncnc32)Cc2ccccc21.